The molecule has 1 heterocycles. The highest BCUT2D eigenvalue weighted by Crippen LogP contribution is 2.26. The molecular weight excluding hydrogens is 423 g/mol. The van der Waals surface area contributed by atoms with E-state index in [-0.39, 0.29) is 22.3 Å². The number of nitrogens with one attached hydrogen (secondary N) is 1. The van der Waals surface area contributed by atoms with Crippen molar-refractivity contribution in [1.29, 1.82) is 0 Å². The van der Waals surface area contributed by atoms with Crippen LogP contribution >= 0.6 is 22.6 Å². The molecule has 0 radical (unpaired) electrons. The van der Waals surface area contributed by atoms with Crippen molar-refractivity contribution in [1.82, 2.24) is 5.32 Å². The van der Waals surface area contributed by atoms with Gasteiger partial charge in [-0.1, -0.05) is 0 Å². The van der Waals surface area contributed by atoms with Gasteiger partial charge >= 0.3 is 12.5 Å². The van der Waals surface area contributed by atoms with E-state index < -0.39 is 36.2 Å². The molecule has 0 bridgehead atoms. The Morgan fingerprint density at radius 1 is 1.41 bits per heavy atom. The van der Waals surface area contributed by atoms with Gasteiger partial charge in [0.15, 0.2) is 0 Å². The zero-order valence-corrected chi connectivity index (χ0v) is 12.9. The first-order valence-corrected chi connectivity index (χ1v) is 7.06. The molecule has 5 nitrogen and oxygen atoms in total. The Balaban J connectivity index is 2.05. The van der Waals surface area contributed by atoms with Crippen LogP contribution < -0.4 is 10.2 Å². The van der Waals surface area contributed by atoms with Gasteiger partial charge < -0.3 is 10.1 Å². The summed E-state index contributed by atoms with van der Waals surface area (Å²) in [5, 5.41) is 1.91. The van der Waals surface area contributed by atoms with E-state index >= 15 is 0 Å². The molecule has 1 unspecified atom stereocenters. The molecule has 2 rings (SSSR count). The third-order valence-electron chi connectivity index (χ3n) is 2.86. The summed E-state index contributed by atoms with van der Waals surface area (Å²) in [7, 11) is 0. The van der Waals surface area contributed by atoms with Gasteiger partial charge in [-0.3, -0.25) is 9.69 Å². The molecule has 1 aromatic rings. The first-order valence-electron chi connectivity index (χ1n) is 5.98. The fraction of sp³-hybridized carbons (Fsp3) is 0.333. The summed E-state index contributed by atoms with van der Waals surface area (Å²) >= 11 is 1.48. The molecule has 10 heteroatoms. The molecule has 0 saturated carbocycles. The first kappa shape index (κ1) is 16.8. The van der Waals surface area contributed by atoms with Crippen LogP contribution in [0.5, 0.6) is 0 Å². The van der Waals surface area contributed by atoms with Crippen LogP contribution in [-0.2, 0) is 9.53 Å². The Hall–Kier alpha value is -1.59. The molecule has 2 amide bonds. The molecule has 1 atom stereocenters. The van der Waals surface area contributed by atoms with Crippen molar-refractivity contribution in [2.75, 3.05) is 18.0 Å². The van der Waals surface area contributed by atoms with Gasteiger partial charge in [0.05, 0.1) is 22.3 Å². The number of hydrogen-bond donors (Lipinski definition) is 1. The quantitative estimate of drug-likeness (QED) is 0.452. The standard InChI is InChI=1S/C12H9F4IN2O3/c13-7-1-5(2-8(14)9(7)17)19-4-6(22-12(19)21)3-18-11(20)10(15)16/h1-2,6,10H,3-4H2,(H,18,20). The van der Waals surface area contributed by atoms with E-state index in [0.717, 1.165) is 17.0 Å². The molecule has 0 aromatic heterocycles. The second-order valence-electron chi connectivity index (χ2n) is 4.39. The van der Waals surface area contributed by atoms with Gasteiger partial charge in [0.1, 0.15) is 17.7 Å². The number of carbonyl (C=O) groups excluding carboxylic acids is 2. The third-order valence-corrected chi connectivity index (χ3v) is 3.89. The number of nitrogens with zero attached hydrogens (tertiary/aromatic N) is 1. The second kappa shape index (κ2) is 6.67. The van der Waals surface area contributed by atoms with Crippen LogP contribution in [-0.4, -0.2) is 37.6 Å². The van der Waals surface area contributed by atoms with Crippen LogP contribution in [0.25, 0.3) is 0 Å². The molecule has 1 saturated heterocycles. The van der Waals surface area contributed by atoms with E-state index in [2.05, 4.69) is 0 Å². The zero-order valence-electron chi connectivity index (χ0n) is 10.8. The summed E-state index contributed by atoms with van der Waals surface area (Å²) in [4.78, 5) is 23.4. The van der Waals surface area contributed by atoms with Gasteiger partial charge in [-0.05, 0) is 34.7 Å². The fourth-order valence-corrected chi connectivity index (χ4v) is 2.14. The lowest BCUT2D eigenvalue weighted by Gasteiger charge is -2.14. The Bertz CT molecular complexity index is 591. The molecule has 120 valence electrons. The first-order chi connectivity index (χ1) is 10.3. The van der Waals surface area contributed by atoms with Crippen LogP contribution in [0, 0.1) is 15.2 Å². The number of halogens is 5. The van der Waals surface area contributed by atoms with E-state index in [9.17, 15) is 27.2 Å². The highest BCUT2D eigenvalue weighted by molar-refractivity contribution is 14.1. The summed E-state index contributed by atoms with van der Waals surface area (Å²) < 4.78 is 55.7. The highest BCUT2D eigenvalue weighted by Gasteiger charge is 2.33. The van der Waals surface area contributed by atoms with Gasteiger partial charge in [0, 0.05) is 0 Å². The topological polar surface area (TPSA) is 58.6 Å². The molecule has 1 fully saturated rings. The molecule has 1 aromatic carbocycles. The predicted octanol–water partition coefficient (Wildman–Crippen LogP) is 2.28. The molecular formula is C12H9F4IN2O3. The minimum absolute atomic E-state index is 0.0527. The van der Waals surface area contributed by atoms with Gasteiger partial charge in [-0.2, -0.15) is 8.78 Å². The highest BCUT2D eigenvalue weighted by atomic mass is 127. The summed E-state index contributed by atoms with van der Waals surface area (Å²) in [5.41, 5.74) is -0.0527. The monoisotopic (exact) mass is 432 g/mol. The Labute approximate surface area is 135 Å². The zero-order chi connectivity index (χ0) is 16.4. The van der Waals surface area contributed by atoms with Crippen molar-refractivity contribution in [3.05, 3.63) is 27.3 Å². The van der Waals surface area contributed by atoms with E-state index in [0.29, 0.717) is 0 Å². The van der Waals surface area contributed by atoms with Crippen LogP contribution in [0.1, 0.15) is 0 Å². The van der Waals surface area contributed by atoms with Crippen LogP contribution in [0.3, 0.4) is 0 Å². The van der Waals surface area contributed by atoms with Crippen LogP contribution in [0.4, 0.5) is 28.0 Å². The van der Waals surface area contributed by atoms with Crippen molar-refractivity contribution in [3.63, 3.8) is 0 Å². The smallest absolute Gasteiger partial charge is 0.414 e. The summed E-state index contributed by atoms with van der Waals surface area (Å²) in [6.07, 6.45) is -4.94. The number of hydrogen-bond acceptors (Lipinski definition) is 3. The van der Waals surface area contributed by atoms with E-state index in [4.69, 9.17) is 4.74 Å². The summed E-state index contributed by atoms with van der Waals surface area (Å²) in [6, 6.07) is 1.93. The number of carbonyl (C=O) groups is 2. The van der Waals surface area contributed by atoms with Crippen molar-refractivity contribution in [3.8, 4) is 0 Å². The van der Waals surface area contributed by atoms with Crippen molar-refractivity contribution >= 4 is 40.3 Å². The lowest BCUT2D eigenvalue weighted by atomic mass is 10.2. The van der Waals surface area contributed by atoms with Gasteiger partial charge in [-0.25, -0.2) is 13.6 Å². The van der Waals surface area contributed by atoms with Gasteiger partial charge in [-0.15, -0.1) is 0 Å². The molecule has 1 aliphatic heterocycles. The number of alkyl halides is 2. The Morgan fingerprint density at radius 2 is 2.00 bits per heavy atom. The van der Waals surface area contributed by atoms with Crippen molar-refractivity contribution in [2.24, 2.45) is 0 Å². The van der Waals surface area contributed by atoms with Gasteiger partial charge in [0.2, 0.25) is 0 Å². The van der Waals surface area contributed by atoms with Crippen molar-refractivity contribution < 1.29 is 31.9 Å². The number of rotatable bonds is 4. The maximum absolute atomic E-state index is 13.5. The maximum Gasteiger partial charge on any atom is 0.414 e. The number of cyclic esters (lactones) is 1. The minimum Gasteiger partial charge on any atom is -0.442 e. The largest absolute Gasteiger partial charge is 0.442 e. The number of amides is 2. The number of ether oxygens (including phenoxy) is 1. The average molecular weight is 432 g/mol. The minimum atomic E-state index is -3.17. The van der Waals surface area contributed by atoms with Crippen LogP contribution in [0.2, 0.25) is 0 Å². The summed E-state index contributed by atoms with van der Waals surface area (Å²) in [6.45, 7) is -0.442. The SMILES string of the molecule is O=C(NCC1CN(c2cc(F)c(I)c(F)c2)C(=O)O1)C(F)F. The molecule has 1 aliphatic rings. The van der Waals surface area contributed by atoms with Gasteiger partial charge in [0.25, 0.3) is 5.91 Å². The predicted molar refractivity (Wildman–Crippen MR) is 75.7 cm³/mol. The fourth-order valence-electron chi connectivity index (χ4n) is 1.83. The second-order valence-corrected chi connectivity index (χ2v) is 5.46. The maximum atomic E-state index is 13.5. The van der Waals surface area contributed by atoms with Crippen molar-refractivity contribution in [2.45, 2.75) is 12.5 Å². The molecule has 1 N–H and O–H groups in total. The molecule has 22 heavy (non-hydrogen) atoms. The lowest BCUT2D eigenvalue weighted by molar-refractivity contribution is -0.132. The Kier molecular flexibility index (Phi) is 5.08. The molecule has 0 aliphatic carbocycles. The lowest BCUT2D eigenvalue weighted by Crippen LogP contribution is -2.37. The molecule has 0 spiro atoms. The average Bonchev–Trinajstić information content (AvgIpc) is 2.82. The van der Waals surface area contributed by atoms with Crippen LogP contribution in [0.15, 0.2) is 12.1 Å². The Morgan fingerprint density at radius 3 is 2.55 bits per heavy atom. The normalized spacial score (nSPS) is 17.8. The third kappa shape index (κ3) is 3.59. The van der Waals surface area contributed by atoms with E-state index in [1.807, 2.05) is 5.32 Å². The summed E-state index contributed by atoms with van der Waals surface area (Å²) in [5.74, 6) is -3.16. The number of benzene rings is 1. The number of anilines is 1. The van der Waals surface area contributed by atoms with E-state index in [1.165, 1.54) is 22.6 Å². The van der Waals surface area contributed by atoms with E-state index in [1.54, 1.807) is 0 Å².